The summed E-state index contributed by atoms with van der Waals surface area (Å²) in [6.07, 6.45) is -2.50. The monoisotopic (exact) mass is 245 g/mol. The van der Waals surface area contributed by atoms with Gasteiger partial charge in [0.05, 0.1) is 5.54 Å². The van der Waals surface area contributed by atoms with E-state index in [4.69, 9.17) is 0 Å². The lowest BCUT2D eigenvalue weighted by Gasteiger charge is -2.52. The van der Waals surface area contributed by atoms with Crippen molar-refractivity contribution < 1.29 is 29.4 Å². The van der Waals surface area contributed by atoms with E-state index in [2.05, 4.69) is 0 Å². The fourth-order valence-corrected chi connectivity index (χ4v) is 3.01. The largest absolute Gasteiger partial charge is 0.498 e. The van der Waals surface area contributed by atoms with Crippen molar-refractivity contribution in [1.82, 2.24) is 0 Å². The Hall–Kier alpha value is -1.14. The van der Waals surface area contributed by atoms with E-state index in [1.54, 1.807) is 20.8 Å². The predicted octanol–water partition coefficient (Wildman–Crippen LogP) is -0.447. The summed E-state index contributed by atoms with van der Waals surface area (Å²) in [4.78, 5) is 22.9. The van der Waals surface area contributed by atoms with E-state index in [0.29, 0.717) is 0 Å². The number of likely N-dealkylation sites (tertiary alicyclic amines) is 1. The van der Waals surface area contributed by atoms with Gasteiger partial charge in [-0.25, -0.2) is 4.79 Å². The molecule has 1 aliphatic heterocycles. The molecule has 6 nitrogen and oxygen atoms in total. The van der Waals surface area contributed by atoms with Crippen LogP contribution in [0.3, 0.4) is 0 Å². The summed E-state index contributed by atoms with van der Waals surface area (Å²) in [7, 11) is 0. The Balaban J connectivity index is 3.49. The highest BCUT2D eigenvalue weighted by Gasteiger charge is 2.66. The van der Waals surface area contributed by atoms with E-state index in [1.165, 1.54) is 6.92 Å². The van der Waals surface area contributed by atoms with E-state index >= 15 is 0 Å². The van der Waals surface area contributed by atoms with Crippen LogP contribution in [0.25, 0.3) is 0 Å². The Morgan fingerprint density at radius 1 is 1.41 bits per heavy atom. The third kappa shape index (κ3) is 1.63. The number of hydrogen-bond acceptors (Lipinski definition) is 4. The summed E-state index contributed by atoms with van der Waals surface area (Å²) >= 11 is 0. The Kier molecular flexibility index (Phi) is 3.01. The summed E-state index contributed by atoms with van der Waals surface area (Å²) in [6.45, 7) is 6.13. The second-order valence-corrected chi connectivity index (χ2v) is 5.87. The van der Waals surface area contributed by atoms with Crippen LogP contribution in [0, 0.1) is 0 Å². The molecular formula is C11H19NO5. The number of carbonyl (C=O) groups excluding carboxylic acids is 1. The molecule has 3 unspecified atom stereocenters. The van der Waals surface area contributed by atoms with Crippen LogP contribution in [0.1, 0.15) is 34.1 Å². The van der Waals surface area contributed by atoms with Crippen LogP contribution in [-0.4, -0.2) is 50.5 Å². The molecule has 2 N–H and O–H groups in total. The first-order valence-electron chi connectivity index (χ1n) is 5.50. The average Bonchev–Trinajstić information content (AvgIpc) is 2.38. The molecule has 0 bridgehead atoms. The molecule has 1 saturated heterocycles. The first kappa shape index (κ1) is 13.9. The molecule has 1 aliphatic rings. The molecule has 1 amide bonds. The number of amides is 1. The van der Waals surface area contributed by atoms with Crippen molar-refractivity contribution in [3.8, 4) is 0 Å². The number of quaternary nitrogens is 1. The predicted molar refractivity (Wildman–Crippen MR) is 56.9 cm³/mol. The topological polar surface area (TPSA) is 97.7 Å². The van der Waals surface area contributed by atoms with Crippen LogP contribution in [-0.2, 0) is 4.79 Å². The van der Waals surface area contributed by atoms with Gasteiger partial charge in [-0.05, 0) is 20.8 Å². The van der Waals surface area contributed by atoms with Gasteiger partial charge in [-0.15, -0.1) is 0 Å². The fraction of sp³-hybridized carbons (Fsp3) is 0.818. The highest BCUT2D eigenvalue weighted by Crippen LogP contribution is 2.44. The van der Waals surface area contributed by atoms with Crippen LogP contribution >= 0.6 is 0 Å². The molecule has 0 aliphatic carbocycles. The average molecular weight is 245 g/mol. The molecule has 0 spiro atoms. The molecule has 0 aromatic heterocycles. The maximum Gasteiger partial charge on any atom is 0.366 e. The van der Waals surface area contributed by atoms with Gasteiger partial charge in [0.25, 0.3) is 6.09 Å². The normalized spacial score (nSPS) is 38.1. The summed E-state index contributed by atoms with van der Waals surface area (Å²) < 4.78 is -0.767. The summed E-state index contributed by atoms with van der Waals surface area (Å²) in [5.41, 5.74) is -2.44. The van der Waals surface area contributed by atoms with Crippen molar-refractivity contribution in [3.63, 3.8) is 0 Å². The van der Waals surface area contributed by atoms with Crippen LogP contribution in [0.15, 0.2) is 0 Å². The van der Waals surface area contributed by atoms with E-state index in [0.717, 1.165) is 0 Å². The molecular weight excluding hydrogens is 226 g/mol. The van der Waals surface area contributed by atoms with Crippen LogP contribution < -0.4 is 5.11 Å². The van der Waals surface area contributed by atoms with Gasteiger partial charge in [-0.1, -0.05) is 0 Å². The molecule has 3 atom stereocenters. The number of carboxylic acid groups (broad SMARTS) is 2. The van der Waals surface area contributed by atoms with Gasteiger partial charge in [0.15, 0.2) is 0 Å². The molecule has 1 rings (SSSR count). The number of aliphatic hydroxyl groups is 1. The van der Waals surface area contributed by atoms with Crippen molar-refractivity contribution >= 4 is 12.1 Å². The van der Waals surface area contributed by atoms with E-state index in [9.17, 15) is 24.9 Å². The summed E-state index contributed by atoms with van der Waals surface area (Å²) in [5.74, 6) is -1.23. The van der Waals surface area contributed by atoms with Crippen molar-refractivity contribution in [1.29, 1.82) is 0 Å². The zero-order valence-electron chi connectivity index (χ0n) is 10.6. The molecule has 1 heterocycles. The van der Waals surface area contributed by atoms with Crippen molar-refractivity contribution in [2.75, 3.05) is 6.54 Å². The maximum absolute atomic E-state index is 11.5. The molecule has 0 aromatic rings. The lowest BCUT2D eigenvalue weighted by atomic mass is 9.90. The fourth-order valence-electron chi connectivity index (χ4n) is 3.01. The molecule has 1 fully saturated rings. The molecule has 0 radical (unpaired) electrons. The van der Waals surface area contributed by atoms with Crippen LogP contribution in [0.2, 0.25) is 0 Å². The van der Waals surface area contributed by atoms with Crippen molar-refractivity contribution in [2.24, 2.45) is 0 Å². The first-order valence-corrected chi connectivity index (χ1v) is 5.50. The minimum atomic E-state index is -1.57. The maximum atomic E-state index is 11.5. The smallest absolute Gasteiger partial charge is 0.366 e. The highest BCUT2D eigenvalue weighted by atomic mass is 16.4. The summed E-state index contributed by atoms with van der Waals surface area (Å²) in [5, 5.41) is 30.5. The zero-order chi connectivity index (χ0) is 13.6. The number of aliphatic hydroxyl groups excluding tert-OH is 1. The van der Waals surface area contributed by atoms with Gasteiger partial charge < -0.3 is 20.1 Å². The van der Waals surface area contributed by atoms with Crippen molar-refractivity contribution in [2.45, 2.75) is 51.3 Å². The van der Waals surface area contributed by atoms with Gasteiger partial charge in [-0.2, -0.15) is 0 Å². The number of carbonyl (C=O) groups is 2. The Bertz CT molecular complexity index is 361. The van der Waals surface area contributed by atoms with Gasteiger partial charge in [-0.3, -0.25) is 4.48 Å². The second kappa shape index (κ2) is 3.68. The Morgan fingerprint density at radius 3 is 2.12 bits per heavy atom. The van der Waals surface area contributed by atoms with E-state index in [-0.39, 0.29) is 13.0 Å². The molecule has 17 heavy (non-hydrogen) atoms. The zero-order valence-corrected chi connectivity index (χ0v) is 10.6. The van der Waals surface area contributed by atoms with Gasteiger partial charge in [0.1, 0.15) is 12.6 Å². The quantitative estimate of drug-likeness (QED) is 0.610. The van der Waals surface area contributed by atoms with E-state index in [1.807, 2.05) is 0 Å². The first-order chi connectivity index (χ1) is 7.49. The van der Waals surface area contributed by atoms with Crippen LogP contribution in [0.5, 0.6) is 0 Å². The second-order valence-electron chi connectivity index (χ2n) is 5.87. The third-order valence-electron chi connectivity index (χ3n) is 3.88. The summed E-state index contributed by atoms with van der Waals surface area (Å²) in [6, 6.07) is 0. The molecule has 6 heteroatoms. The van der Waals surface area contributed by atoms with Crippen LogP contribution in [0.4, 0.5) is 4.79 Å². The van der Waals surface area contributed by atoms with Crippen molar-refractivity contribution in [3.05, 3.63) is 0 Å². The minimum absolute atomic E-state index is 0.0897. The van der Waals surface area contributed by atoms with E-state index < -0.39 is 33.7 Å². The van der Waals surface area contributed by atoms with Gasteiger partial charge >= 0.3 is 5.97 Å². The molecule has 98 valence electrons. The SMILES string of the molecule is CC(C)(C)[N+]1(C(=O)[O-])CC(O)CC1(C)C(=O)O. The third-order valence-corrected chi connectivity index (χ3v) is 3.88. The standard InChI is InChI=1S/C11H19NO5/c1-10(2,3)12(9(16)17)6-7(13)5-11(12,4)8(14)15/h7,13H,5-6H2,1-4H3,(H-,14,15,16,17). The number of nitrogens with zero attached hydrogens (tertiary/aromatic N) is 1. The minimum Gasteiger partial charge on any atom is -0.498 e. The number of aliphatic carboxylic acids is 1. The Morgan fingerprint density at radius 2 is 1.88 bits per heavy atom. The Labute approximate surface area is 100 Å². The number of hydrogen-bond donors (Lipinski definition) is 2. The number of carboxylic acids is 1. The number of rotatable bonds is 1. The van der Waals surface area contributed by atoms with Gasteiger partial charge in [0, 0.05) is 13.3 Å². The molecule has 0 aromatic carbocycles. The lowest BCUT2D eigenvalue weighted by molar-refractivity contribution is -0.944. The molecule has 0 saturated carbocycles. The van der Waals surface area contributed by atoms with Gasteiger partial charge in [0.2, 0.25) is 5.54 Å². The lowest BCUT2D eigenvalue weighted by Crippen LogP contribution is -2.76. The highest BCUT2D eigenvalue weighted by molar-refractivity contribution is 5.80.